The zero-order valence-electron chi connectivity index (χ0n) is 24.1. The predicted molar refractivity (Wildman–Crippen MR) is 156 cm³/mol. The SMILES string of the molecule is O=C(OC[C@H]1CCN2CCC[C@H]12)C1C(c2ccc(O)cc2)C(C(=O)OC[C@@H]2CCN3CCC[C@H]23)C1c1ccc(O)cc1. The van der Waals surface area contributed by atoms with Gasteiger partial charge in [-0.1, -0.05) is 24.3 Å². The zero-order valence-corrected chi connectivity index (χ0v) is 24.1. The van der Waals surface area contributed by atoms with Crippen molar-refractivity contribution in [3.8, 4) is 11.5 Å². The molecule has 224 valence electrons. The number of hydrogen-bond donors (Lipinski definition) is 2. The summed E-state index contributed by atoms with van der Waals surface area (Å²) < 4.78 is 12.2. The van der Waals surface area contributed by atoms with Gasteiger partial charge in [-0.05, 0) is 100 Å². The number of phenols is 2. The number of hydrogen-bond acceptors (Lipinski definition) is 8. The highest BCUT2D eigenvalue weighted by molar-refractivity contribution is 5.85. The molecule has 2 N–H and O–H groups in total. The second-order valence-corrected chi connectivity index (χ2v) is 13.1. The Morgan fingerprint density at radius 3 is 1.43 bits per heavy atom. The van der Waals surface area contributed by atoms with E-state index in [1.54, 1.807) is 48.5 Å². The van der Waals surface area contributed by atoms with Crippen molar-refractivity contribution in [3.05, 3.63) is 59.7 Å². The Labute approximate surface area is 247 Å². The summed E-state index contributed by atoms with van der Waals surface area (Å²) in [6.45, 7) is 5.19. The van der Waals surface area contributed by atoms with Gasteiger partial charge in [-0.25, -0.2) is 0 Å². The van der Waals surface area contributed by atoms with Crippen LogP contribution in [0.3, 0.4) is 0 Å². The smallest absolute Gasteiger partial charge is 0.310 e. The molecule has 7 rings (SSSR count). The Balaban J connectivity index is 1.14. The monoisotopic (exact) mass is 574 g/mol. The molecular formula is C34H42N2O6. The third-order valence-corrected chi connectivity index (χ3v) is 11.0. The molecule has 2 unspecified atom stereocenters. The summed E-state index contributed by atoms with van der Waals surface area (Å²) in [6, 6.07) is 14.6. The van der Waals surface area contributed by atoms with E-state index in [-0.39, 0.29) is 23.4 Å². The van der Waals surface area contributed by atoms with Crippen molar-refractivity contribution >= 4 is 11.9 Å². The molecule has 2 aromatic rings. The van der Waals surface area contributed by atoms with Crippen molar-refractivity contribution in [2.45, 2.75) is 62.4 Å². The minimum atomic E-state index is -0.575. The second kappa shape index (κ2) is 11.5. The van der Waals surface area contributed by atoms with Crippen LogP contribution >= 0.6 is 0 Å². The molecule has 4 heterocycles. The number of benzene rings is 2. The van der Waals surface area contributed by atoms with E-state index in [4.69, 9.17) is 9.47 Å². The van der Waals surface area contributed by atoms with Gasteiger partial charge in [0, 0.05) is 35.8 Å². The molecular weight excluding hydrogens is 532 g/mol. The van der Waals surface area contributed by atoms with Crippen LogP contribution in [0.15, 0.2) is 48.5 Å². The molecule has 1 aliphatic carbocycles. The van der Waals surface area contributed by atoms with E-state index >= 15 is 0 Å². The first-order chi connectivity index (χ1) is 20.5. The van der Waals surface area contributed by atoms with E-state index in [0.717, 1.165) is 63.0 Å². The number of nitrogens with zero attached hydrogens (tertiary/aromatic N) is 2. The number of carbonyl (C=O) groups is 2. The Morgan fingerprint density at radius 1 is 0.619 bits per heavy atom. The lowest BCUT2D eigenvalue weighted by Gasteiger charge is -2.49. The largest absolute Gasteiger partial charge is 0.508 e. The average Bonchev–Trinajstić information content (AvgIpc) is 3.76. The third kappa shape index (κ3) is 5.06. The van der Waals surface area contributed by atoms with Gasteiger partial charge in [-0.2, -0.15) is 0 Å². The normalized spacial score (nSPS) is 34.1. The summed E-state index contributed by atoms with van der Waals surface area (Å²) in [7, 11) is 0. The van der Waals surface area contributed by atoms with Crippen LogP contribution < -0.4 is 0 Å². The maximum atomic E-state index is 13.9. The van der Waals surface area contributed by atoms with Crippen molar-refractivity contribution in [3.63, 3.8) is 0 Å². The highest BCUT2D eigenvalue weighted by Crippen LogP contribution is 2.59. The van der Waals surface area contributed by atoms with Crippen LogP contribution in [0.4, 0.5) is 0 Å². The maximum Gasteiger partial charge on any atom is 0.310 e. The molecule has 6 atom stereocenters. The number of fused-ring (bicyclic) bond motifs is 2. The highest BCUT2D eigenvalue weighted by atomic mass is 16.5. The summed E-state index contributed by atoms with van der Waals surface area (Å²) in [4.78, 5) is 32.9. The molecule has 8 heteroatoms. The van der Waals surface area contributed by atoms with Gasteiger partial charge in [0.05, 0.1) is 25.0 Å². The van der Waals surface area contributed by atoms with Crippen LogP contribution in [-0.2, 0) is 19.1 Å². The Morgan fingerprint density at radius 2 is 1.02 bits per heavy atom. The van der Waals surface area contributed by atoms with Gasteiger partial charge < -0.3 is 19.7 Å². The highest BCUT2D eigenvalue weighted by Gasteiger charge is 2.60. The molecule has 0 aromatic heterocycles. The van der Waals surface area contributed by atoms with E-state index in [2.05, 4.69) is 9.80 Å². The molecule has 0 bridgehead atoms. The predicted octanol–water partition coefficient (Wildman–Crippen LogP) is 4.27. The van der Waals surface area contributed by atoms with E-state index in [0.29, 0.717) is 37.1 Å². The number of esters is 2. The van der Waals surface area contributed by atoms with Gasteiger partial charge in [0.15, 0.2) is 0 Å². The van der Waals surface area contributed by atoms with Crippen LogP contribution in [0, 0.1) is 23.7 Å². The Kier molecular flexibility index (Phi) is 7.61. The molecule has 0 amide bonds. The van der Waals surface area contributed by atoms with Gasteiger partial charge in [0.25, 0.3) is 0 Å². The van der Waals surface area contributed by atoms with Crippen LogP contribution in [0.2, 0.25) is 0 Å². The molecule has 5 aliphatic rings. The minimum Gasteiger partial charge on any atom is -0.508 e. The van der Waals surface area contributed by atoms with Gasteiger partial charge >= 0.3 is 11.9 Å². The summed E-state index contributed by atoms with van der Waals surface area (Å²) in [5.74, 6) is -1.62. The van der Waals surface area contributed by atoms with Gasteiger partial charge in [0.1, 0.15) is 11.5 Å². The molecule has 4 aliphatic heterocycles. The van der Waals surface area contributed by atoms with Crippen molar-refractivity contribution in [2.75, 3.05) is 39.4 Å². The van der Waals surface area contributed by atoms with Crippen molar-refractivity contribution < 1.29 is 29.3 Å². The van der Waals surface area contributed by atoms with E-state index < -0.39 is 23.7 Å². The molecule has 2 aromatic carbocycles. The fourth-order valence-electron chi connectivity index (χ4n) is 8.89. The number of ether oxygens (including phenoxy) is 2. The first-order valence-electron chi connectivity index (χ1n) is 15.9. The molecule has 5 fully saturated rings. The van der Waals surface area contributed by atoms with Crippen molar-refractivity contribution in [2.24, 2.45) is 23.7 Å². The van der Waals surface area contributed by atoms with Crippen molar-refractivity contribution in [1.82, 2.24) is 9.80 Å². The van der Waals surface area contributed by atoms with Crippen LogP contribution in [-0.4, -0.2) is 83.4 Å². The molecule has 0 spiro atoms. The molecule has 0 radical (unpaired) electrons. The zero-order chi connectivity index (χ0) is 28.8. The van der Waals surface area contributed by atoms with Crippen LogP contribution in [0.5, 0.6) is 11.5 Å². The number of rotatable bonds is 8. The Bertz CT molecular complexity index is 1170. The first-order valence-corrected chi connectivity index (χ1v) is 15.9. The van der Waals surface area contributed by atoms with E-state index in [1.165, 1.54) is 12.8 Å². The number of aromatic hydroxyl groups is 2. The maximum absolute atomic E-state index is 13.9. The first kappa shape index (κ1) is 27.7. The minimum absolute atomic E-state index is 0.135. The average molecular weight is 575 g/mol. The lowest BCUT2D eigenvalue weighted by atomic mass is 9.52. The summed E-state index contributed by atoms with van der Waals surface area (Å²) in [5.41, 5.74) is 1.63. The Hall–Kier alpha value is -3.10. The van der Waals surface area contributed by atoms with Crippen molar-refractivity contribution in [1.29, 1.82) is 0 Å². The number of phenolic OH excluding ortho intramolecular Hbond substituents is 2. The van der Waals surface area contributed by atoms with Crippen LogP contribution in [0.1, 0.15) is 61.5 Å². The molecule has 1 saturated carbocycles. The molecule has 4 saturated heterocycles. The third-order valence-electron chi connectivity index (χ3n) is 11.0. The molecule has 8 nitrogen and oxygen atoms in total. The fraction of sp³-hybridized carbons (Fsp3) is 0.588. The fourth-order valence-corrected chi connectivity index (χ4v) is 8.89. The van der Waals surface area contributed by atoms with E-state index in [1.807, 2.05) is 0 Å². The van der Waals surface area contributed by atoms with Crippen LogP contribution in [0.25, 0.3) is 0 Å². The second-order valence-electron chi connectivity index (χ2n) is 13.1. The topological polar surface area (TPSA) is 99.5 Å². The standard InChI is InChI=1S/C34H42N2O6/c37-25-9-5-21(6-10-25)29-31(33(39)41-19-23-13-17-35-15-1-3-27(23)35)30(22-7-11-26(38)12-8-22)32(29)34(40)42-20-24-14-18-36-16-2-4-28(24)36/h5-12,23-24,27-32,37-38H,1-4,13-20H2/t23-,24+,27-,28-,29?,30?,31?,32?/m1/s1. The van der Waals surface area contributed by atoms with Gasteiger partial charge in [-0.15, -0.1) is 0 Å². The molecule has 42 heavy (non-hydrogen) atoms. The van der Waals surface area contributed by atoms with Gasteiger partial charge in [-0.3, -0.25) is 19.4 Å². The van der Waals surface area contributed by atoms with E-state index in [9.17, 15) is 19.8 Å². The van der Waals surface area contributed by atoms with Gasteiger partial charge in [0.2, 0.25) is 0 Å². The quantitative estimate of drug-likeness (QED) is 0.451. The number of carbonyl (C=O) groups excluding carboxylic acids is 2. The lowest BCUT2D eigenvalue weighted by molar-refractivity contribution is -0.169. The lowest BCUT2D eigenvalue weighted by Crippen LogP contribution is -2.52. The summed E-state index contributed by atoms with van der Waals surface area (Å²) in [6.07, 6.45) is 6.80. The summed E-state index contributed by atoms with van der Waals surface area (Å²) in [5, 5.41) is 20.0. The summed E-state index contributed by atoms with van der Waals surface area (Å²) >= 11 is 0.